The van der Waals surface area contributed by atoms with Gasteiger partial charge < -0.3 is 16.0 Å². The molecule has 1 aliphatic heterocycles. The highest BCUT2D eigenvalue weighted by Gasteiger charge is 2.27. The second kappa shape index (κ2) is 7.40. The predicted molar refractivity (Wildman–Crippen MR) is 113 cm³/mol. The zero-order valence-corrected chi connectivity index (χ0v) is 15.3. The van der Waals surface area contributed by atoms with Gasteiger partial charge in [-0.2, -0.15) is 0 Å². The van der Waals surface area contributed by atoms with Gasteiger partial charge in [0.25, 0.3) is 5.91 Å². The Morgan fingerprint density at radius 3 is 2.07 bits per heavy atom. The molecule has 1 aliphatic rings. The van der Waals surface area contributed by atoms with Gasteiger partial charge in [-0.1, -0.05) is 48.5 Å². The third-order valence-corrected chi connectivity index (χ3v) is 4.46. The van der Waals surface area contributed by atoms with Crippen molar-refractivity contribution in [1.29, 1.82) is 0 Å². The van der Waals surface area contributed by atoms with E-state index in [4.69, 9.17) is 0 Å². The maximum atomic E-state index is 12.8. The van der Waals surface area contributed by atoms with Crippen molar-refractivity contribution in [3.05, 3.63) is 90.0 Å². The number of benzene rings is 3. The maximum absolute atomic E-state index is 12.8. The van der Waals surface area contributed by atoms with Crippen LogP contribution >= 0.6 is 0 Å². The second-order valence-corrected chi connectivity index (χ2v) is 6.50. The Bertz CT molecular complexity index is 1070. The van der Waals surface area contributed by atoms with Gasteiger partial charge in [-0.05, 0) is 35.9 Å². The Hall–Kier alpha value is -3.86. The molecule has 5 nitrogen and oxygen atoms in total. The first-order chi connectivity index (χ1) is 13.6. The van der Waals surface area contributed by atoms with Gasteiger partial charge in [0.15, 0.2) is 0 Å². The lowest BCUT2D eigenvalue weighted by Crippen LogP contribution is -2.10. The first kappa shape index (κ1) is 17.5. The van der Waals surface area contributed by atoms with Crippen LogP contribution < -0.4 is 16.0 Å². The van der Waals surface area contributed by atoms with Crippen LogP contribution in [0.15, 0.2) is 78.9 Å². The van der Waals surface area contributed by atoms with Gasteiger partial charge in [0.2, 0.25) is 5.91 Å². The molecular weight excluding hydrogens is 350 g/mol. The van der Waals surface area contributed by atoms with E-state index >= 15 is 0 Å². The van der Waals surface area contributed by atoms with Crippen molar-refractivity contribution < 1.29 is 9.59 Å². The highest BCUT2D eigenvalue weighted by atomic mass is 16.2. The number of anilines is 3. The van der Waals surface area contributed by atoms with Crippen LogP contribution in [0.2, 0.25) is 0 Å². The van der Waals surface area contributed by atoms with Gasteiger partial charge in [-0.3, -0.25) is 9.59 Å². The Morgan fingerprint density at radius 2 is 1.39 bits per heavy atom. The number of carbonyl (C=O) groups excluding carboxylic acids is 2. The average molecular weight is 369 g/mol. The Morgan fingerprint density at radius 1 is 0.786 bits per heavy atom. The zero-order chi connectivity index (χ0) is 19.5. The van der Waals surface area contributed by atoms with E-state index < -0.39 is 0 Å². The summed E-state index contributed by atoms with van der Waals surface area (Å²) >= 11 is 0. The highest BCUT2D eigenvalue weighted by Crippen LogP contribution is 2.37. The van der Waals surface area contributed by atoms with Gasteiger partial charge in [0.05, 0.1) is 11.3 Å². The fourth-order valence-corrected chi connectivity index (χ4v) is 3.23. The summed E-state index contributed by atoms with van der Waals surface area (Å²) in [5.41, 5.74) is 5.46. The van der Waals surface area contributed by atoms with Crippen LogP contribution in [0.3, 0.4) is 0 Å². The number of carbonyl (C=O) groups is 2. The summed E-state index contributed by atoms with van der Waals surface area (Å²) in [4.78, 5) is 24.0. The molecule has 2 amide bonds. The molecule has 0 saturated carbocycles. The number of fused-ring (bicyclic) bond motifs is 1. The summed E-state index contributed by atoms with van der Waals surface area (Å²) in [5.74, 6) is -0.255. The minimum absolute atomic E-state index is 0.118. The molecule has 0 unspecified atom stereocenters. The van der Waals surface area contributed by atoms with E-state index in [1.807, 2.05) is 78.9 Å². The lowest BCUT2D eigenvalue weighted by atomic mass is 10.00. The molecule has 5 heteroatoms. The Kier molecular flexibility index (Phi) is 4.64. The molecule has 3 aromatic rings. The third kappa shape index (κ3) is 3.50. The van der Waals surface area contributed by atoms with Crippen molar-refractivity contribution >= 4 is 40.1 Å². The van der Waals surface area contributed by atoms with Crippen molar-refractivity contribution in [2.24, 2.45) is 0 Å². The van der Waals surface area contributed by atoms with Crippen LogP contribution in [0, 0.1) is 0 Å². The van der Waals surface area contributed by atoms with E-state index in [2.05, 4.69) is 16.0 Å². The van der Waals surface area contributed by atoms with Gasteiger partial charge in [-0.25, -0.2) is 0 Å². The van der Waals surface area contributed by atoms with E-state index in [1.54, 1.807) is 0 Å². The van der Waals surface area contributed by atoms with E-state index in [0.29, 0.717) is 5.57 Å². The van der Waals surface area contributed by atoms with Crippen LogP contribution in [0.25, 0.3) is 11.3 Å². The van der Waals surface area contributed by atoms with Crippen molar-refractivity contribution in [3.8, 4) is 0 Å². The Labute approximate surface area is 163 Å². The van der Waals surface area contributed by atoms with Crippen LogP contribution in [-0.2, 0) is 9.59 Å². The summed E-state index contributed by atoms with van der Waals surface area (Å²) in [6, 6.07) is 24.8. The smallest absolute Gasteiger partial charge is 0.258 e. The summed E-state index contributed by atoms with van der Waals surface area (Å²) in [5, 5.41) is 9.07. The maximum Gasteiger partial charge on any atom is 0.258 e. The first-order valence-corrected chi connectivity index (χ1v) is 8.97. The van der Waals surface area contributed by atoms with Crippen molar-refractivity contribution in [1.82, 2.24) is 0 Å². The van der Waals surface area contributed by atoms with E-state index in [9.17, 15) is 9.59 Å². The summed E-state index contributed by atoms with van der Waals surface area (Å²) < 4.78 is 0. The van der Waals surface area contributed by atoms with Crippen LogP contribution in [-0.4, -0.2) is 11.8 Å². The summed E-state index contributed by atoms with van der Waals surface area (Å²) in [7, 11) is 0. The highest BCUT2D eigenvalue weighted by molar-refractivity contribution is 6.37. The normalized spacial score (nSPS) is 14.1. The van der Waals surface area contributed by atoms with Gasteiger partial charge in [0.1, 0.15) is 0 Å². The van der Waals surface area contributed by atoms with E-state index in [-0.39, 0.29) is 11.8 Å². The molecule has 1 heterocycles. The van der Waals surface area contributed by atoms with Gasteiger partial charge in [0, 0.05) is 29.5 Å². The molecule has 0 spiro atoms. The molecule has 28 heavy (non-hydrogen) atoms. The summed E-state index contributed by atoms with van der Waals surface area (Å²) in [6.45, 7) is 1.47. The molecule has 0 bridgehead atoms. The quantitative estimate of drug-likeness (QED) is 0.590. The molecule has 0 radical (unpaired) electrons. The Balaban J connectivity index is 1.78. The van der Waals surface area contributed by atoms with E-state index in [1.165, 1.54) is 6.92 Å². The monoisotopic (exact) mass is 369 g/mol. The fourth-order valence-electron chi connectivity index (χ4n) is 3.23. The van der Waals surface area contributed by atoms with Crippen molar-refractivity contribution in [2.45, 2.75) is 6.92 Å². The minimum atomic E-state index is -0.137. The molecular formula is C23H19N3O2. The second-order valence-electron chi connectivity index (χ2n) is 6.50. The lowest BCUT2D eigenvalue weighted by Gasteiger charge is -2.15. The zero-order valence-electron chi connectivity index (χ0n) is 15.3. The third-order valence-electron chi connectivity index (χ3n) is 4.46. The van der Waals surface area contributed by atoms with Crippen LogP contribution in [0.5, 0.6) is 0 Å². The average Bonchev–Trinajstić information content (AvgIpc) is 3.03. The van der Waals surface area contributed by atoms with Crippen molar-refractivity contribution in [3.63, 3.8) is 0 Å². The molecule has 0 saturated heterocycles. The summed E-state index contributed by atoms with van der Waals surface area (Å²) in [6.07, 6.45) is 0. The molecule has 0 aromatic heterocycles. The SMILES string of the molecule is CC(=O)Nc1ccc(N/C(=C2\C(=O)Nc3ccccc32)c2ccccc2)cc1. The van der Waals surface area contributed by atoms with Gasteiger partial charge in [-0.15, -0.1) is 0 Å². The molecule has 0 fully saturated rings. The standard InChI is InChI=1S/C23H19N3O2/c1-15(27)24-17-11-13-18(14-12-17)25-22(16-7-3-2-4-8-16)21-19-9-5-6-10-20(19)26-23(21)28/h2-14,25H,1H3,(H,24,27)(H,26,28)/b22-21-. The lowest BCUT2D eigenvalue weighted by molar-refractivity contribution is -0.114. The number of nitrogens with one attached hydrogen (secondary N) is 3. The number of amides is 2. The molecule has 4 rings (SSSR count). The van der Waals surface area contributed by atoms with E-state index in [0.717, 1.165) is 33.9 Å². The predicted octanol–water partition coefficient (Wildman–Crippen LogP) is 4.58. The topological polar surface area (TPSA) is 70.2 Å². The molecule has 3 N–H and O–H groups in total. The number of hydrogen-bond donors (Lipinski definition) is 3. The molecule has 0 aliphatic carbocycles. The first-order valence-electron chi connectivity index (χ1n) is 8.97. The molecule has 0 atom stereocenters. The fraction of sp³-hybridized carbons (Fsp3) is 0.0435. The molecule has 138 valence electrons. The number of rotatable bonds is 4. The van der Waals surface area contributed by atoms with Gasteiger partial charge >= 0.3 is 0 Å². The number of hydrogen-bond acceptors (Lipinski definition) is 3. The minimum Gasteiger partial charge on any atom is -0.354 e. The van der Waals surface area contributed by atoms with Crippen LogP contribution in [0.4, 0.5) is 17.1 Å². The largest absolute Gasteiger partial charge is 0.354 e. The van der Waals surface area contributed by atoms with Crippen LogP contribution in [0.1, 0.15) is 18.1 Å². The number of para-hydroxylation sites is 1. The molecule has 3 aromatic carbocycles. The van der Waals surface area contributed by atoms with Crippen molar-refractivity contribution in [2.75, 3.05) is 16.0 Å².